The molecule has 2 aliphatic heterocycles. The predicted octanol–water partition coefficient (Wildman–Crippen LogP) is 5.30. The molecular weight excluding hydrogens is 484 g/mol. The summed E-state index contributed by atoms with van der Waals surface area (Å²) in [6.45, 7) is 4.64. The SMILES string of the molecule is CC1=C2C=C3[C@@H](O)[C@H](O)[C@@H](N(C)C)C[C@]34CC[C@]2(O4)C2CC=C(c3ccc4ccnc(Cl)c4c3)[C@@]2(C)C1. The summed E-state index contributed by atoms with van der Waals surface area (Å²) in [5.74, 6) is 0.313. The Kier molecular flexibility index (Phi) is 5.05. The Morgan fingerprint density at radius 2 is 1.97 bits per heavy atom. The topological polar surface area (TPSA) is 65.8 Å². The molecule has 5 aliphatic rings. The molecule has 0 amide bonds. The summed E-state index contributed by atoms with van der Waals surface area (Å²) in [4.78, 5) is 6.34. The van der Waals surface area contributed by atoms with Gasteiger partial charge in [0.2, 0.25) is 0 Å². The Morgan fingerprint density at radius 1 is 1.16 bits per heavy atom. The average Bonchev–Trinajstić information content (AvgIpc) is 3.36. The number of pyridine rings is 1. The van der Waals surface area contributed by atoms with Crippen molar-refractivity contribution in [3.8, 4) is 0 Å². The third-order valence-corrected chi connectivity index (χ3v) is 10.7. The van der Waals surface area contributed by atoms with Crippen LogP contribution in [-0.2, 0) is 4.74 Å². The second-order valence-electron chi connectivity index (χ2n) is 12.5. The lowest BCUT2D eigenvalue weighted by molar-refractivity contribution is -0.162. The number of aromatic nitrogens is 1. The highest BCUT2D eigenvalue weighted by Gasteiger charge is 2.68. The summed E-state index contributed by atoms with van der Waals surface area (Å²) in [5, 5.41) is 24.8. The summed E-state index contributed by atoms with van der Waals surface area (Å²) in [5.41, 5.74) is 5.08. The van der Waals surface area contributed by atoms with Crippen LogP contribution in [0.25, 0.3) is 16.3 Å². The Morgan fingerprint density at radius 3 is 2.76 bits per heavy atom. The Balaban J connectivity index is 1.33. The second kappa shape index (κ2) is 7.77. The van der Waals surface area contributed by atoms with Gasteiger partial charge in [0.1, 0.15) is 11.3 Å². The number of hydrogen-bond donors (Lipinski definition) is 2. The molecule has 194 valence electrons. The molecule has 5 nitrogen and oxygen atoms in total. The van der Waals surface area contributed by atoms with Crippen LogP contribution >= 0.6 is 11.6 Å². The van der Waals surface area contributed by atoms with Gasteiger partial charge >= 0.3 is 0 Å². The van der Waals surface area contributed by atoms with Crippen LogP contribution in [0.3, 0.4) is 0 Å². The molecular formula is C31H35ClN2O3. The Hall–Kier alpha value is -2.02. The van der Waals surface area contributed by atoms with Gasteiger partial charge in [0.05, 0.1) is 17.3 Å². The van der Waals surface area contributed by atoms with E-state index in [0.29, 0.717) is 17.5 Å². The quantitative estimate of drug-likeness (QED) is 0.528. The molecule has 1 saturated heterocycles. The molecule has 1 aromatic carbocycles. The van der Waals surface area contributed by atoms with Crippen molar-refractivity contribution in [1.29, 1.82) is 0 Å². The highest BCUT2D eigenvalue weighted by Crippen LogP contribution is 2.69. The van der Waals surface area contributed by atoms with Crippen molar-refractivity contribution in [2.45, 2.75) is 75.4 Å². The van der Waals surface area contributed by atoms with E-state index in [9.17, 15) is 10.2 Å². The van der Waals surface area contributed by atoms with Crippen molar-refractivity contribution in [2.24, 2.45) is 11.3 Å². The van der Waals surface area contributed by atoms with Crippen molar-refractivity contribution in [3.05, 3.63) is 70.1 Å². The van der Waals surface area contributed by atoms with Crippen molar-refractivity contribution in [3.63, 3.8) is 0 Å². The lowest BCUT2D eigenvalue weighted by atomic mass is 9.56. The van der Waals surface area contributed by atoms with Gasteiger partial charge in [0, 0.05) is 29.0 Å². The zero-order valence-corrected chi connectivity index (χ0v) is 22.7. The largest absolute Gasteiger partial charge is 0.388 e. The first-order chi connectivity index (χ1) is 17.6. The molecule has 7 rings (SSSR count). The summed E-state index contributed by atoms with van der Waals surface area (Å²) in [7, 11) is 3.95. The van der Waals surface area contributed by atoms with Gasteiger partial charge in [-0.2, -0.15) is 0 Å². The number of fused-ring (bicyclic) bond motifs is 2. The molecule has 37 heavy (non-hydrogen) atoms. The van der Waals surface area contributed by atoms with Crippen LogP contribution in [-0.4, -0.2) is 63.6 Å². The maximum atomic E-state index is 11.2. The van der Waals surface area contributed by atoms with E-state index in [1.165, 1.54) is 22.3 Å². The number of aliphatic hydroxyl groups excluding tert-OH is 2. The van der Waals surface area contributed by atoms with Crippen molar-refractivity contribution >= 4 is 27.9 Å². The molecule has 3 aliphatic carbocycles. The van der Waals surface area contributed by atoms with E-state index in [0.717, 1.165) is 42.0 Å². The van der Waals surface area contributed by atoms with Crippen LogP contribution in [0.2, 0.25) is 5.15 Å². The van der Waals surface area contributed by atoms with E-state index in [1.54, 1.807) is 6.20 Å². The van der Waals surface area contributed by atoms with Crippen LogP contribution in [0.5, 0.6) is 0 Å². The number of allylic oxidation sites excluding steroid dienone is 3. The van der Waals surface area contributed by atoms with Gasteiger partial charge in [0.25, 0.3) is 0 Å². The predicted molar refractivity (Wildman–Crippen MR) is 146 cm³/mol. The summed E-state index contributed by atoms with van der Waals surface area (Å²) >= 11 is 6.49. The van der Waals surface area contributed by atoms with E-state index in [2.05, 4.69) is 49.2 Å². The molecule has 3 heterocycles. The second-order valence-corrected chi connectivity index (χ2v) is 12.8. The maximum Gasteiger partial charge on any atom is 0.136 e. The Bertz CT molecular complexity index is 1430. The third kappa shape index (κ3) is 3.04. The zero-order chi connectivity index (χ0) is 25.9. The van der Waals surface area contributed by atoms with E-state index in [1.807, 2.05) is 25.1 Å². The van der Waals surface area contributed by atoms with Gasteiger partial charge in [-0.25, -0.2) is 4.98 Å². The van der Waals surface area contributed by atoms with Crippen LogP contribution < -0.4 is 0 Å². The van der Waals surface area contributed by atoms with E-state index < -0.39 is 17.8 Å². The minimum Gasteiger partial charge on any atom is -0.388 e. The molecule has 6 heteroatoms. The van der Waals surface area contributed by atoms with Gasteiger partial charge in [0.15, 0.2) is 0 Å². The number of halogens is 1. The molecule has 0 radical (unpaired) electrons. The smallest absolute Gasteiger partial charge is 0.136 e. The van der Waals surface area contributed by atoms with Gasteiger partial charge in [-0.1, -0.05) is 48.4 Å². The number of rotatable bonds is 2. The first-order valence-corrected chi connectivity index (χ1v) is 13.9. The summed E-state index contributed by atoms with van der Waals surface area (Å²) < 4.78 is 7.31. The van der Waals surface area contributed by atoms with Crippen LogP contribution in [0, 0.1) is 11.3 Å². The molecule has 1 aromatic heterocycles. The number of hydrogen-bond acceptors (Lipinski definition) is 5. The van der Waals surface area contributed by atoms with Gasteiger partial charge in [-0.05, 0) is 92.9 Å². The fraction of sp³-hybridized carbons (Fsp3) is 0.516. The minimum atomic E-state index is -0.904. The fourth-order valence-corrected chi connectivity index (χ4v) is 8.97. The van der Waals surface area contributed by atoms with E-state index in [-0.39, 0.29) is 17.1 Å². The van der Waals surface area contributed by atoms with Crippen LogP contribution in [0.4, 0.5) is 0 Å². The van der Waals surface area contributed by atoms with Gasteiger partial charge in [-0.15, -0.1) is 0 Å². The first-order valence-electron chi connectivity index (χ1n) is 13.5. The van der Waals surface area contributed by atoms with Gasteiger partial charge in [-0.3, -0.25) is 0 Å². The molecule has 1 unspecified atom stereocenters. The molecule has 2 fully saturated rings. The van der Waals surface area contributed by atoms with Crippen molar-refractivity contribution in [2.75, 3.05) is 14.1 Å². The maximum absolute atomic E-state index is 11.2. The van der Waals surface area contributed by atoms with Crippen LogP contribution in [0.1, 0.15) is 51.5 Å². The molecule has 2 aromatic rings. The number of nitrogens with zero attached hydrogens (tertiary/aromatic N) is 2. The zero-order valence-electron chi connectivity index (χ0n) is 22.0. The van der Waals surface area contributed by atoms with Crippen LogP contribution in [0.15, 0.2) is 59.3 Å². The monoisotopic (exact) mass is 518 g/mol. The fourth-order valence-electron chi connectivity index (χ4n) is 8.75. The number of aliphatic hydroxyl groups is 2. The standard InChI is InChI=1S/C31H35ClN2O3/c1-17-15-29(2)21(19-6-5-18-9-12-33-28(32)20(18)13-19)7-8-25(29)31-11-10-30(37-31)16-24(34(3)4)27(36)26(35)23(30)14-22(17)31/h5-7,9,12-14,24-27,35-36H,8,10-11,15-16H2,1-4H3/t24-,25?,26+,27+,29+,30+,31+/m0/s1. The molecule has 2 spiro atoms. The summed E-state index contributed by atoms with van der Waals surface area (Å²) in [6, 6.07) is 8.44. The van der Waals surface area contributed by atoms with Gasteiger partial charge < -0.3 is 19.8 Å². The third-order valence-electron chi connectivity index (χ3n) is 10.4. The average molecular weight is 519 g/mol. The summed E-state index contributed by atoms with van der Waals surface area (Å²) in [6.07, 6.45) is 9.12. The normalized spacial score (nSPS) is 40.4. The number of likely N-dealkylation sites (N-methyl/N-ethyl adjacent to an activating group) is 1. The highest BCUT2D eigenvalue weighted by atomic mass is 35.5. The highest BCUT2D eigenvalue weighted by molar-refractivity contribution is 6.34. The lowest BCUT2D eigenvalue weighted by Gasteiger charge is -2.56. The number of benzene rings is 1. The Labute approximate surface area is 223 Å². The van der Waals surface area contributed by atoms with Crippen molar-refractivity contribution in [1.82, 2.24) is 9.88 Å². The minimum absolute atomic E-state index is 0.0689. The van der Waals surface area contributed by atoms with Crippen molar-refractivity contribution < 1.29 is 14.9 Å². The van der Waals surface area contributed by atoms with E-state index in [4.69, 9.17) is 16.3 Å². The number of ether oxygens (including phenoxy) is 1. The van der Waals surface area contributed by atoms with E-state index >= 15 is 0 Å². The molecule has 7 atom stereocenters. The molecule has 1 saturated carbocycles. The molecule has 2 bridgehead atoms. The lowest BCUT2D eigenvalue weighted by Crippen LogP contribution is -2.62. The first kappa shape index (κ1) is 24.1. The molecule has 2 N–H and O–H groups in total.